The monoisotopic (exact) mass is 249 g/mol. The van der Waals surface area contributed by atoms with E-state index >= 15 is 0 Å². The van der Waals surface area contributed by atoms with Gasteiger partial charge in [-0.25, -0.2) is 0 Å². The fourth-order valence-corrected chi connectivity index (χ4v) is 2.04. The van der Waals surface area contributed by atoms with E-state index in [1.165, 1.54) is 0 Å². The number of hydrogen-bond acceptors (Lipinski definition) is 1. The van der Waals surface area contributed by atoms with Gasteiger partial charge in [-0.05, 0) is 24.3 Å². The molecule has 0 atom stereocenters. The van der Waals surface area contributed by atoms with E-state index in [1.54, 1.807) is 12.1 Å². The lowest BCUT2D eigenvalue weighted by Crippen LogP contribution is -2.00. The van der Waals surface area contributed by atoms with Gasteiger partial charge in [0.1, 0.15) is 11.5 Å². The van der Waals surface area contributed by atoms with Crippen LogP contribution in [0.2, 0.25) is 10.0 Å². The van der Waals surface area contributed by atoms with Crippen molar-refractivity contribution in [2.24, 2.45) is 0 Å². The van der Waals surface area contributed by atoms with Gasteiger partial charge < -0.3 is 4.74 Å². The summed E-state index contributed by atoms with van der Waals surface area (Å²) in [7, 11) is 0. The Hall–Kier alpha value is -1.18. The molecule has 0 saturated carbocycles. The number of benzene rings is 2. The van der Waals surface area contributed by atoms with Gasteiger partial charge in [0, 0.05) is 27.6 Å². The van der Waals surface area contributed by atoms with Crippen LogP contribution in [0.4, 0.5) is 0 Å². The lowest BCUT2D eigenvalue weighted by atomic mass is 10.0. The van der Waals surface area contributed by atoms with Crippen LogP contribution in [-0.2, 0) is 0 Å². The molecule has 0 bridgehead atoms. The number of halogens is 2. The van der Waals surface area contributed by atoms with E-state index < -0.39 is 0 Å². The molecule has 16 heavy (non-hydrogen) atoms. The predicted molar refractivity (Wildman–Crippen MR) is 65.5 cm³/mol. The summed E-state index contributed by atoms with van der Waals surface area (Å²) in [5.74, 6) is 1.53. The van der Waals surface area contributed by atoms with Crippen LogP contribution in [-0.4, -0.2) is 0 Å². The van der Waals surface area contributed by atoms with Gasteiger partial charge in [-0.15, -0.1) is 0 Å². The van der Waals surface area contributed by atoms with E-state index in [9.17, 15) is 0 Å². The Balaban J connectivity index is 2.10. The molecule has 3 heteroatoms. The Morgan fingerprint density at radius 3 is 1.75 bits per heavy atom. The summed E-state index contributed by atoms with van der Waals surface area (Å²) in [6.07, 6.45) is 2.06. The van der Waals surface area contributed by atoms with E-state index in [2.05, 4.69) is 6.42 Å². The lowest BCUT2D eigenvalue weighted by Gasteiger charge is -2.20. The molecule has 0 amide bonds. The quantitative estimate of drug-likeness (QED) is 0.561. The molecule has 2 aromatic rings. The van der Waals surface area contributed by atoms with Gasteiger partial charge in [0.25, 0.3) is 0 Å². The van der Waals surface area contributed by atoms with Crippen molar-refractivity contribution in [2.75, 3.05) is 0 Å². The molecule has 1 heterocycles. The van der Waals surface area contributed by atoms with Gasteiger partial charge in [-0.1, -0.05) is 35.3 Å². The fourth-order valence-electron chi connectivity index (χ4n) is 1.72. The molecule has 1 aliphatic heterocycles. The van der Waals surface area contributed by atoms with E-state index in [4.69, 9.17) is 27.9 Å². The summed E-state index contributed by atoms with van der Waals surface area (Å²) in [6.45, 7) is 0. The Bertz CT molecular complexity index is 514. The highest BCUT2D eigenvalue weighted by Gasteiger charge is 2.17. The Morgan fingerprint density at radius 2 is 1.25 bits per heavy atom. The zero-order valence-corrected chi connectivity index (χ0v) is 9.72. The van der Waals surface area contributed by atoms with Crippen LogP contribution in [0.25, 0.3) is 0 Å². The molecule has 79 valence electrons. The van der Waals surface area contributed by atoms with Crippen LogP contribution in [0, 0.1) is 6.42 Å². The van der Waals surface area contributed by atoms with Crippen molar-refractivity contribution in [2.45, 2.75) is 0 Å². The van der Waals surface area contributed by atoms with Crippen molar-refractivity contribution in [3.63, 3.8) is 0 Å². The summed E-state index contributed by atoms with van der Waals surface area (Å²) in [6, 6.07) is 11.2. The van der Waals surface area contributed by atoms with E-state index in [1.807, 2.05) is 24.3 Å². The second kappa shape index (κ2) is 3.69. The Kier molecular flexibility index (Phi) is 2.31. The maximum Gasteiger partial charge on any atom is 0.132 e. The van der Waals surface area contributed by atoms with Crippen molar-refractivity contribution >= 4 is 23.2 Å². The van der Waals surface area contributed by atoms with Crippen LogP contribution < -0.4 is 4.74 Å². The molecular weight excluding hydrogens is 243 g/mol. The number of ether oxygens (including phenoxy) is 1. The molecule has 0 aliphatic carbocycles. The second-order valence-electron chi connectivity index (χ2n) is 3.61. The third-order valence-corrected chi connectivity index (χ3v) is 2.95. The SMILES string of the molecule is Clc1ccc2c(c1)Oc1cc(Cl)ccc1[CH]2. The van der Waals surface area contributed by atoms with Crippen LogP contribution in [0.1, 0.15) is 11.1 Å². The average molecular weight is 250 g/mol. The summed E-state index contributed by atoms with van der Waals surface area (Å²) >= 11 is 11.8. The minimum atomic E-state index is 0.664. The van der Waals surface area contributed by atoms with Crippen LogP contribution in [0.3, 0.4) is 0 Å². The molecule has 2 aromatic carbocycles. The highest BCUT2D eigenvalue weighted by atomic mass is 35.5. The third kappa shape index (κ3) is 1.66. The first kappa shape index (κ1) is 10.0. The number of fused-ring (bicyclic) bond motifs is 2. The molecule has 0 fully saturated rings. The topological polar surface area (TPSA) is 9.23 Å². The molecular formula is C13H7Cl2O. The first-order valence-corrected chi connectivity index (χ1v) is 5.60. The van der Waals surface area contributed by atoms with Crippen molar-refractivity contribution in [1.82, 2.24) is 0 Å². The zero-order chi connectivity index (χ0) is 11.1. The van der Waals surface area contributed by atoms with Crippen molar-refractivity contribution in [1.29, 1.82) is 0 Å². The van der Waals surface area contributed by atoms with Crippen molar-refractivity contribution in [3.05, 3.63) is 64.0 Å². The standard InChI is InChI=1S/C13H7Cl2O/c14-10-3-1-8-5-9-2-4-11(15)7-13(9)16-12(8)6-10/h1-7H. The fraction of sp³-hybridized carbons (Fsp3) is 0. The van der Waals surface area contributed by atoms with Gasteiger partial charge in [0.2, 0.25) is 0 Å². The zero-order valence-electron chi connectivity index (χ0n) is 8.21. The molecule has 1 nitrogen and oxygen atoms in total. The van der Waals surface area contributed by atoms with E-state index in [0.29, 0.717) is 10.0 Å². The summed E-state index contributed by atoms with van der Waals surface area (Å²) in [5.41, 5.74) is 2.05. The molecule has 1 aliphatic rings. The van der Waals surface area contributed by atoms with Gasteiger partial charge in [-0.3, -0.25) is 0 Å². The van der Waals surface area contributed by atoms with Crippen LogP contribution >= 0.6 is 23.2 Å². The van der Waals surface area contributed by atoms with Gasteiger partial charge in [-0.2, -0.15) is 0 Å². The van der Waals surface area contributed by atoms with Crippen LogP contribution in [0.5, 0.6) is 11.5 Å². The number of hydrogen-bond donors (Lipinski definition) is 0. The maximum atomic E-state index is 5.92. The van der Waals surface area contributed by atoms with E-state index in [0.717, 1.165) is 22.6 Å². The first-order chi connectivity index (χ1) is 7.72. The smallest absolute Gasteiger partial charge is 0.132 e. The minimum absolute atomic E-state index is 0.664. The highest BCUT2D eigenvalue weighted by molar-refractivity contribution is 6.31. The Morgan fingerprint density at radius 1 is 0.750 bits per heavy atom. The molecule has 3 rings (SSSR count). The average Bonchev–Trinajstić information content (AvgIpc) is 2.26. The van der Waals surface area contributed by atoms with Crippen molar-refractivity contribution < 1.29 is 4.74 Å². The largest absolute Gasteiger partial charge is 0.457 e. The highest BCUT2D eigenvalue weighted by Crippen LogP contribution is 2.39. The predicted octanol–water partition coefficient (Wildman–Crippen LogP) is 4.70. The van der Waals surface area contributed by atoms with Crippen LogP contribution in [0.15, 0.2) is 36.4 Å². The summed E-state index contributed by atoms with van der Waals surface area (Å²) < 4.78 is 5.74. The first-order valence-electron chi connectivity index (χ1n) is 4.84. The van der Waals surface area contributed by atoms with E-state index in [-0.39, 0.29) is 0 Å². The summed E-state index contributed by atoms with van der Waals surface area (Å²) in [5, 5.41) is 1.33. The lowest BCUT2D eigenvalue weighted by molar-refractivity contribution is 0.469. The number of rotatable bonds is 0. The summed E-state index contributed by atoms with van der Waals surface area (Å²) in [4.78, 5) is 0. The molecule has 0 N–H and O–H groups in total. The molecule has 0 saturated heterocycles. The second-order valence-corrected chi connectivity index (χ2v) is 4.48. The third-order valence-electron chi connectivity index (χ3n) is 2.48. The Labute approximate surface area is 104 Å². The van der Waals surface area contributed by atoms with Crippen molar-refractivity contribution in [3.8, 4) is 11.5 Å². The molecule has 1 radical (unpaired) electrons. The molecule has 0 aromatic heterocycles. The normalized spacial score (nSPS) is 12.6. The minimum Gasteiger partial charge on any atom is -0.457 e. The van der Waals surface area contributed by atoms with Gasteiger partial charge >= 0.3 is 0 Å². The molecule has 0 unspecified atom stereocenters. The van der Waals surface area contributed by atoms with Gasteiger partial charge in [0.15, 0.2) is 0 Å². The molecule has 0 spiro atoms. The maximum absolute atomic E-state index is 5.92. The van der Waals surface area contributed by atoms with Gasteiger partial charge in [0.05, 0.1) is 0 Å².